The summed E-state index contributed by atoms with van der Waals surface area (Å²) in [7, 11) is 0. The number of amides is 1. The summed E-state index contributed by atoms with van der Waals surface area (Å²) in [6.45, 7) is 12.1. The first kappa shape index (κ1) is 18.4. The van der Waals surface area contributed by atoms with Gasteiger partial charge in [0, 0.05) is 24.7 Å². The van der Waals surface area contributed by atoms with Crippen LogP contribution in [0, 0.1) is 0 Å². The summed E-state index contributed by atoms with van der Waals surface area (Å²) in [5.41, 5.74) is 0.828. The fraction of sp³-hybridized carbons (Fsp3) is 0.500. The smallest absolute Gasteiger partial charge is 0.333 e. The Morgan fingerprint density at radius 3 is 2.15 bits per heavy atom. The Hall–Kier alpha value is -1.56. The van der Waals surface area contributed by atoms with Crippen molar-refractivity contribution in [2.45, 2.75) is 27.2 Å². The first-order valence-electron chi connectivity index (χ1n) is 6.18. The molecule has 0 radical (unpaired) electrons. The predicted octanol–water partition coefficient (Wildman–Crippen LogP) is 2.14. The van der Waals surface area contributed by atoms with Crippen LogP contribution in [-0.4, -0.2) is 40.9 Å². The molecule has 0 heterocycles. The van der Waals surface area contributed by atoms with E-state index in [1.54, 1.807) is 13.8 Å². The Labute approximate surface area is 124 Å². The highest BCUT2D eigenvalue weighted by atomic mass is 32.2. The van der Waals surface area contributed by atoms with Gasteiger partial charge in [-0.25, -0.2) is 4.79 Å². The zero-order valence-electron chi connectivity index (χ0n) is 12.2. The fourth-order valence-corrected chi connectivity index (χ4v) is 2.00. The highest BCUT2D eigenvalue weighted by Gasteiger charge is 2.12. The SMILES string of the molecule is C=C(C)C(=O)CCSN(CCOC(=O)C(=C)C)C(C)=O. The molecule has 0 saturated carbocycles. The van der Waals surface area contributed by atoms with E-state index in [2.05, 4.69) is 13.2 Å². The normalized spacial score (nSPS) is 9.75. The van der Waals surface area contributed by atoms with Gasteiger partial charge in [-0.3, -0.25) is 13.9 Å². The average Bonchev–Trinajstić information content (AvgIpc) is 2.35. The molecule has 0 atom stereocenters. The number of hydrogen-bond donors (Lipinski definition) is 0. The first-order chi connectivity index (χ1) is 9.25. The molecule has 0 spiro atoms. The molecule has 6 heteroatoms. The summed E-state index contributed by atoms with van der Waals surface area (Å²) in [6, 6.07) is 0. The van der Waals surface area contributed by atoms with Gasteiger partial charge in [0.05, 0.1) is 6.54 Å². The summed E-state index contributed by atoms with van der Waals surface area (Å²) in [4.78, 5) is 34.0. The quantitative estimate of drug-likeness (QED) is 0.371. The molecule has 0 aliphatic carbocycles. The Bertz CT molecular complexity index is 385. The number of hydrogen-bond acceptors (Lipinski definition) is 5. The predicted molar refractivity (Wildman–Crippen MR) is 80.1 cm³/mol. The summed E-state index contributed by atoms with van der Waals surface area (Å²) >= 11 is 1.24. The van der Waals surface area contributed by atoms with E-state index in [0.29, 0.717) is 23.3 Å². The van der Waals surface area contributed by atoms with Gasteiger partial charge in [0.25, 0.3) is 0 Å². The van der Waals surface area contributed by atoms with Crippen molar-refractivity contribution < 1.29 is 19.1 Å². The van der Waals surface area contributed by atoms with E-state index >= 15 is 0 Å². The van der Waals surface area contributed by atoms with Gasteiger partial charge in [-0.1, -0.05) is 13.2 Å². The second-order valence-corrected chi connectivity index (χ2v) is 5.43. The number of rotatable bonds is 9. The molecule has 0 unspecified atom stereocenters. The molecular weight excluding hydrogens is 278 g/mol. The maximum Gasteiger partial charge on any atom is 0.333 e. The highest BCUT2D eigenvalue weighted by Crippen LogP contribution is 2.12. The van der Waals surface area contributed by atoms with Crippen LogP contribution in [0.15, 0.2) is 24.3 Å². The summed E-state index contributed by atoms with van der Waals surface area (Å²) in [5, 5.41) is 0. The molecule has 0 fully saturated rings. The van der Waals surface area contributed by atoms with Gasteiger partial charge in [0.2, 0.25) is 5.91 Å². The molecule has 112 valence electrons. The number of carbonyl (C=O) groups excluding carboxylic acids is 3. The molecule has 1 amide bonds. The molecule has 0 bridgehead atoms. The van der Waals surface area contributed by atoms with Crippen molar-refractivity contribution in [2.24, 2.45) is 0 Å². The standard InChI is InChI=1S/C14H21NO4S/c1-10(2)13(17)6-9-20-15(12(5)16)7-8-19-14(18)11(3)4/h1,3,6-9H2,2,4-5H3. The Kier molecular flexibility index (Phi) is 8.63. The summed E-state index contributed by atoms with van der Waals surface area (Å²) in [5.74, 6) is -0.158. The number of carbonyl (C=O) groups is 3. The van der Waals surface area contributed by atoms with Gasteiger partial charge >= 0.3 is 5.97 Å². The lowest BCUT2D eigenvalue weighted by Gasteiger charge is -2.19. The van der Waals surface area contributed by atoms with E-state index in [1.807, 2.05) is 0 Å². The van der Waals surface area contributed by atoms with Gasteiger partial charge in [-0.2, -0.15) is 0 Å². The van der Waals surface area contributed by atoms with E-state index in [-0.39, 0.29) is 24.8 Å². The fourth-order valence-electron chi connectivity index (χ4n) is 1.12. The van der Waals surface area contributed by atoms with Crippen molar-refractivity contribution in [3.63, 3.8) is 0 Å². The maximum atomic E-state index is 11.4. The van der Waals surface area contributed by atoms with E-state index in [0.717, 1.165) is 0 Å². The van der Waals surface area contributed by atoms with Crippen LogP contribution in [0.3, 0.4) is 0 Å². The third kappa shape index (κ3) is 7.78. The van der Waals surface area contributed by atoms with Crippen LogP contribution in [0.5, 0.6) is 0 Å². The van der Waals surface area contributed by atoms with Crippen molar-refractivity contribution in [1.82, 2.24) is 4.31 Å². The second kappa shape index (κ2) is 9.36. The number of nitrogens with zero attached hydrogens (tertiary/aromatic N) is 1. The van der Waals surface area contributed by atoms with Gasteiger partial charge in [-0.05, 0) is 31.4 Å². The number of esters is 1. The largest absolute Gasteiger partial charge is 0.460 e. The molecule has 0 N–H and O–H groups in total. The van der Waals surface area contributed by atoms with Crippen molar-refractivity contribution in [3.05, 3.63) is 24.3 Å². The van der Waals surface area contributed by atoms with Crippen LogP contribution in [0.25, 0.3) is 0 Å². The zero-order valence-corrected chi connectivity index (χ0v) is 13.0. The maximum absolute atomic E-state index is 11.4. The molecule has 0 aromatic carbocycles. The van der Waals surface area contributed by atoms with Gasteiger partial charge in [-0.15, -0.1) is 0 Å². The third-order valence-corrected chi connectivity index (χ3v) is 3.42. The van der Waals surface area contributed by atoms with E-state index in [1.165, 1.54) is 23.2 Å². The van der Waals surface area contributed by atoms with Crippen molar-refractivity contribution in [1.29, 1.82) is 0 Å². The number of ether oxygens (including phenoxy) is 1. The van der Waals surface area contributed by atoms with Crippen molar-refractivity contribution in [2.75, 3.05) is 18.9 Å². The molecular formula is C14H21NO4S. The lowest BCUT2D eigenvalue weighted by atomic mass is 10.2. The van der Waals surface area contributed by atoms with E-state index in [9.17, 15) is 14.4 Å². The summed E-state index contributed by atoms with van der Waals surface area (Å²) in [6.07, 6.45) is 0.329. The molecule has 0 aromatic rings. The lowest BCUT2D eigenvalue weighted by molar-refractivity contribution is -0.140. The van der Waals surface area contributed by atoms with E-state index < -0.39 is 5.97 Å². The Morgan fingerprint density at radius 2 is 1.70 bits per heavy atom. The van der Waals surface area contributed by atoms with Crippen LogP contribution in [0.1, 0.15) is 27.2 Å². The summed E-state index contributed by atoms with van der Waals surface area (Å²) < 4.78 is 6.39. The van der Waals surface area contributed by atoms with Crippen LogP contribution >= 0.6 is 11.9 Å². The van der Waals surface area contributed by atoms with Crippen LogP contribution in [0.2, 0.25) is 0 Å². The monoisotopic (exact) mass is 299 g/mol. The zero-order chi connectivity index (χ0) is 15.7. The van der Waals surface area contributed by atoms with Crippen LogP contribution in [-0.2, 0) is 19.1 Å². The van der Waals surface area contributed by atoms with Gasteiger partial charge in [0.1, 0.15) is 6.61 Å². The number of Topliss-reactive ketones (excluding diaryl/α,β-unsaturated/α-hetero) is 1. The number of allylic oxidation sites excluding steroid dienone is 1. The Morgan fingerprint density at radius 1 is 1.10 bits per heavy atom. The van der Waals surface area contributed by atoms with Crippen molar-refractivity contribution in [3.8, 4) is 0 Å². The van der Waals surface area contributed by atoms with Crippen LogP contribution in [0.4, 0.5) is 0 Å². The van der Waals surface area contributed by atoms with Gasteiger partial charge < -0.3 is 4.74 Å². The minimum atomic E-state index is -0.476. The molecule has 0 aliphatic heterocycles. The molecule has 0 aromatic heterocycles. The van der Waals surface area contributed by atoms with E-state index in [4.69, 9.17) is 4.74 Å². The Balaban J connectivity index is 4.09. The topological polar surface area (TPSA) is 63.7 Å². The molecule has 0 rings (SSSR count). The highest BCUT2D eigenvalue weighted by molar-refractivity contribution is 7.97. The molecule has 0 aliphatic rings. The minimum Gasteiger partial charge on any atom is -0.460 e. The third-order valence-electron chi connectivity index (χ3n) is 2.28. The minimum absolute atomic E-state index is 0.0188. The van der Waals surface area contributed by atoms with Gasteiger partial charge in [0.15, 0.2) is 5.78 Å². The number of ketones is 1. The average molecular weight is 299 g/mol. The lowest BCUT2D eigenvalue weighted by Crippen LogP contribution is -2.27. The first-order valence-corrected chi connectivity index (χ1v) is 7.12. The molecule has 5 nitrogen and oxygen atoms in total. The van der Waals surface area contributed by atoms with Crippen LogP contribution < -0.4 is 0 Å². The second-order valence-electron chi connectivity index (χ2n) is 4.32. The molecule has 20 heavy (non-hydrogen) atoms. The van der Waals surface area contributed by atoms with Crippen molar-refractivity contribution >= 4 is 29.6 Å². The molecule has 0 saturated heterocycles.